The second-order valence-corrected chi connectivity index (χ2v) is 8.22. The van der Waals surface area contributed by atoms with E-state index in [-0.39, 0.29) is 19.1 Å². The minimum absolute atomic E-state index is 0.175. The zero-order chi connectivity index (χ0) is 23.0. The van der Waals surface area contributed by atoms with Crippen LogP contribution < -0.4 is 10.1 Å². The van der Waals surface area contributed by atoms with E-state index in [1.807, 2.05) is 84.9 Å². The van der Waals surface area contributed by atoms with Gasteiger partial charge in [-0.05, 0) is 41.8 Å². The number of esters is 1. The third-order valence-corrected chi connectivity index (χ3v) is 5.97. The van der Waals surface area contributed by atoms with Gasteiger partial charge in [-0.3, -0.25) is 4.79 Å². The summed E-state index contributed by atoms with van der Waals surface area (Å²) in [5, 5.41) is 3.25. The van der Waals surface area contributed by atoms with Gasteiger partial charge in [0.25, 0.3) is 5.91 Å². The number of ether oxygens (including phenoxy) is 2. The van der Waals surface area contributed by atoms with Gasteiger partial charge in [0.2, 0.25) is 0 Å². The molecule has 1 amide bonds. The summed E-state index contributed by atoms with van der Waals surface area (Å²) in [7, 11) is 0. The molecule has 0 aliphatic rings. The van der Waals surface area contributed by atoms with E-state index in [0.717, 1.165) is 21.6 Å². The standard InChI is InChI=1S/C27H23NO4S/c1-2-31-27(30)23-17-24(21-11-7-4-8-12-21)33-26(23)28-25(29)18-32-22-15-13-20(14-16-22)19-9-5-3-6-10-19/h3-17H,2,18H2,1H3,(H,28,29). The van der Waals surface area contributed by atoms with Crippen molar-refractivity contribution in [3.05, 3.63) is 96.6 Å². The summed E-state index contributed by atoms with van der Waals surface area (Å²) in [5.74, 6) is -0.232. The number of anilines is 1. The van der Waals surface area contributed by atoms with Crippen molar-refractivity contribution in [3.8, 4) is 27.3 Å². The number of benzene rings is 3. The van der Waals surface area contributed by atoms with E-state index in [1.165, 1.54) is 11.3 Å². The predicted molar refractivity (Wildman–Crippen MR) is 132 cm³/mol. The first-order valence-electron chi connectivity index (χ1n) is 10.6. The summed E-state index contributed by atoms with van der Waals surface area (Å²) in [6.45, 7) is 1.83. The molecule has 3 aromatic carbocycles. The topological polar surface area (TPSA) is 64.6 Å². The molecule has 1 heterocycles. The molecular weight excluding hydrogens is 434 g/mol. The van der Waals surface area contributed by atoms with Gasteiger partial charge < -0.3 is 14.8 Å². The highest BCUT2D eigenvalue weighted by molar-refractivity contribution is 7.20. The molecule has 33 heavy (non-hydrogen) atoms. The SMILES string of the molecule is CCOC(=O)c1cc(-c2ccccc2)sc1NC(=O)COc1ccc(-c2ccccc2)cc1. The van der Waals surface area contributed by atoms with Crippen LogP contribution in [0.25, 0.3) is 21.6 Å². The van der Waals surface area contributed by atoms with Gasteiger partial charge >= 0.3 is 5.97 Å². The summed E-state index contributed by atoms with van der Waals surface area (Å²) in [6.07, 6.45) is 0. The Kier molecular flexibility index (Phi) is 7.17. The van der Waals surface area contributed by atoms with Crippen LogP contribution in [0.2, 0.25) is 0 Å². The molecule has 0 fully saturated rings. The lowest BCUT2D eigenvalue weighted by Crippen LogP contribution is -2.21. The summed E-state index contributed by atoms with van der Waals surface area (Å²) in [6, 6.07) is 29.0. The Bertz CT molecular complexity index is 1220. The van der Waals surface area contributed by atoms with Crippen LogP contribution >= 0.6 is 11.3 Å². The van der Waals surface area contributed by atoms with Gasteiger partial charge in [0.15, 0.2) is 6.61 Å². The number of rotatable bonds is 8. The highest BCUT2D eigenvalue weighted by Gasteiger charge is 2.20. The van der Waals surface area contributed by atoms with Gasteiger partial charge in [-0.25, -0.2) is 4.79 Å². The van der Waals surface area contributed by atoms with Gasteiger partial charge in [-0.2, -0.15) is 0 Å². The van der Waals surface area contributed by atoms with Crippen LogP contribution in [0.5, 0.6) is 5.75 Å². The Balaban J connectivity index is 1.43. The number of thiophene rings is 1. The largest absolute Gasteiger partial charge is 0.484 e. The molecule has 0 saturated carbocycles. The summed E-state index contributed by atoms with van der Waals surface area (Å²) >= 11 is 1.33. The second-order valence-electron chi connectivity index (χ2n) is 7.17. The van der Waals surface area contributed by atoms with E-state index in [1.54, 1.807) is 13.0 Å². The van der Waals surface area contributed by atoms with Crippen molar-refractivity contribution in [2.24, 2.45) is 0 Å². The zero-order valence-corrected chi connectivity index (χ0v) is 18.9. The number of carbonyl (C=O) groups is 2. The maximum atomic E-state index is 12.6. The van der Waals surface area contributed by atoms with E-state index < -0.39 is 5.97 Å². The molecule has 0 saturated heterocycles. The fourth-order valence-corrected chi connectivity index (χ4v) is 4.34. The van der Waals surface area contributed by atoms with E-state index in [4.69, 9.17) is 9.47 Å². The van der Waals surface area contributed by atoms with E-state index in [2.05, 4.69) is 5.32 Å². The first-order valence-corrected chi connectivity index (χ1v) is 11.4. The fourth-order valence-electron chi connectivity index (χ4n) is 3.27. The molecule has 4 aromatic rings. The lowest BCUT2D eigenvalue weighted by Gasteiger charge is -2.09. The minimum atomic E-state index is -0.469. The van der Waals surface area contributed by atoms with Crippen molar-refractivity contribution in [2.75, 3.05) is 18.5 Å². The van der Waals surface area contributed by atoms with Gasteiger partial charge in [-0.1, -0.05) is 72.8 Å². The molecule has 5 nitrogen and oxygen atoms in total. The third-order valence-electron chi connectivity index (χ3n) is 4.87. The van der Waals surface area contributed by atoms with Crippen molar-refractivity contribution in [3.63, 3.8) is 0 Å². The molecule has 0 aliphatic carbocycles. The van der Waals surface area contributed by atoms with Crippen LogP contribution in [-0.4, -0.2) is 25.1 Å². The first-order chi connectivity index (χ1) is 16.1. The summed E-state index contributed by atoms with van der Waals surface area (Å²) < 4.78 is 10.8. The molecule has 166 valence electrons. The molecule has 0 spiro atoms. The van der Waals surface area contributed by atoms with Crippen LogP contribution in [0.15, 0.2) is 91.0 Å². The Morgan fingerprint density at radius 3 is 2.06 bits per heavy atom. The van der Waals surface area contributed by atoms with Crippen LogP contribution in [0.1, 0.15) is 17.3 Å². The van der Waals surface area contributed by atoms with E-state index in [0.29, 0.717) is 16.3 Å². The summed E-state index contributed by atoms with van der Waals surface area (Å²) in [4.78, 5) is 25.9. The molecule has 0 atom stereocenters. The molecule has 1 N–H and O–H groups in total. The first kappa shape index (κ1) is 22.3. The molecular formula is C27H23NO4S. The molecule has 1 aromatic heterocycles. The van der Waals surface area contributed by atoms with E-state index in [9.17, 15) is 9.59 Å². The average molecular weight is 458 g/mol. The van der Waals surface area contributed by atoms with Crippen molar-refractivity contribution < 1.29 is 19.1 Å². The number of hydrogen-bond acceptors (Lipinski definition) is 5. The maximum absolute atomic E-state index is 12.6. The number of nitrogens with one attached hydrogen (secondary N) is 1. The average Bonchev–Trinajstić information content (AvgIpc) is 3.28. The van der Waals surface area contributed by atoms with Gasteiger partial charge in [-0.15, -0.1) is 11.3 Å². The van der Waals surface area contributed by atoms with Crippen molar-refractivity contribution in [2.45, 2.75) is 6.92 Å². The summed E-state index contributed by atoms with van der Waals surface area (Å²) in [5.41, 5.74) is 3.48. The predicted octanol–water partition coefficient (Wildman–Crippen LogP) is 6.28. The fraction of sp³-hybridized carbons (Fsp3) is 0.111. The number of amides is 1. The quantitative estimate of drug-likeness (QED) is 0.317. The van der Waals surface area contributed by atoms with Crippen LogP contribution in [0.4, 0.5) is 5.00 Å². The van der Waals surface area contributed by atoms with Gasteiger partial charge in [0, 0.05) is 4.88 Å². The van der Waals surface area contributed by atoms with Crippen molar-refractivity contribution in [1.82, 2.24) is 0 Å². The molecule has 0 radical (unpaired) electrons. The highest BCUT2D eigenvalue weighted by Crippen LogP contribution is 2.36. The van der Waals surface area contributed by atoms with Crippen molar-refractivity contribution in [1.29, 1.82) is 0 Å². The molecule has 0 bridgehead atoms. The number of carbonyl (C=O) groups excluding carboxylic acids is 2. The smallest absolute Gasteiger partial charge is 0.341 e. The van der Waals surface area contributed by atoms with Crippen molar-refractivity contribution >= 4 is 28.2 Å². The highest BCUT2D eigenvalue weighted by atomic mass is 32.1. The Morgan fingerprint density at radius 1 is 0.818 bits per heavy atom. The number of hydrogen-bond donors (Lipinski definition) is 1. The van der Waals surface area contributed by atoms with Gasteiger partial charge in [0.1, 0.15) is 10.8 Å². The zero-order valence-electron chi connectivity index (χ0n) is 18.1. The lowest BCUT2D eigenvalue weighted by molar-refractivity contribution is -0.118. The van der Waals surface area contributed by atoms with Gasteiger partial charge in [0.05, 0.1) is 12.2 Å². The maximum Gasteiger partial charge on any atom is 0.341 e. The molecule has 6 heteroatoms. The normalized spacial score (nSPS) is 10.5. The Morgan fingerprint density at radius 2 is 1.42 bits per heavy atom. The van der Waals surface area contributed by atoms with E-state index >= 15 is 0 Å². The minimum Gasteiger partial charge on any atom is -0.484 e. The van der Waals surface area contributed by atoms with Crippen LogP contribution in [0, 0.1) is 0 Å². The third kappa shape index (κ3) is 5.67. The Hall–Kier alpha value is -3.90. The lowest BCUT2D eigenvalue weighted by atomic mass is 10.1. The molecule has 4 rings (SSSR count). The monoisotopic (exact) mass is 457 g/mol. The second kappa shape index (κ2) is 10.6. The molecule has 0 unspecified atom stereocenters. The van der Waals surface area contributed by atoms with Crippen LogP contribution in [0.3, 0.4) is 0 Å². The molecule has 0 aliphatic heterocycles. The Labute approximate surface area is 196 Å². The van der Waals surface area contributed by atoms with Crippen LogP contribution in [-0.2, 0) is 9.53 Å².